The lowest BCUT2D eigenvalue weighted by molar-refractivity contribution is -0.114. The van der Waals surface area contributed by atoms with Crippen LogP contribution in [0.2, 0.25) is 0 Å². The molecule has 0 radical (unpaired) electrons. The average Bonchev–Trinajstić information content (AvgIpc) is 2.16. The highest BCUT2D eigenvalue weighted by atomic mass is 16.1. The molecule has 0 amide bonds. The van der Waals surface area contributed by atoms with E-state index < -0.39 is 0 Å². The third-order valence-corrected chi connectivity index (χ3v) is 2.91. The lowest BCUT2D eigenvalue weighted by Gasteiger charge is -2.36. The quantitative estimate of drug-likeness (QED) is 0.601. The molecule has 1 rings (SSSR count). The summed E-state index contributed by atoms with van der Waals surface area (Å²) in [7, 11) is 0. The van der Waals surface area contributed by atoms with Crippen molar-refractivity contribution >= 4 is 6.29 Å². The Morgan fingerprint density at radius 1 is 1.58 bits per heavy atom. The second-order valence-electron chi connectivity index (χ2n) is 3.69. The van der Waals surface area contributed by atoms with E-state index in [1.54, 1.807) is 0 Å². The van der Waals surface area contributed by atoms with Crippen molar-refractivity contribution in [2.24, 2.45) is 0 Å². The molecule has 12 heavy (non-hydrogen) atoms. The lowest BCUT2D eigenvalue weighted by Crippen LogP contribution is -2.45. The van der Waals surface area contributed by atoms with Gasteiger partial charge in [-0.25, -0.2) is 0 Å². The summed E-state index contributed by atoms with van der Waals surface area (Å²) in [4.78, 5) is 13.1. The SMILES string of the molecule is CCC(C)N1CCCCC1C=O. The van der Waals surface area contributed by atoms with Crippen LogP contribution in [0, 0.1) is 0 Å². The van der Waals surface area contributed by atoms with Crippen molar-refractivity contribution in [2.45, 2.75) is 51.6 Å². The summed E-state index contributed by atoms with van der Waals surface area (Å²) < 4.78 is 0. The summed E-state index contributed by atoms with van der Waals surface area (Å²) in [5.41, 5.74) is 0. The third kappa shape index (κ3) is 2.07. The fraction of sp³-hybridized carbons (Fsp3) is 0.900. The maximum absolute atomic E-state index is 10.7. The van der Waals surface area contributed by atoms with Crippen LogP contribution in [0.25, 0.3) is 0 Å². The first kappa shape index (κ1) is 9.72. The highest BCUT2D eigenvalue weighted by Gasteiger charge is 2.24. The molecule has 2 heteroatoms. The fourth-order valence-corrected chi connectivity index (χ4v) is 1.91. The van der Waals surface area contributed by atoms with E-state index in [4.69, 9.17) is 0 Å². The second-order valence-corrected chi connectivity index (χ2v) is 3.69. The minimum atomic E-state index is 0.202. The first-order valence-corrected chi connectivity index (χ1v) is 5.00. The Labute approximate surface area is 74.9 Å². The monoisotopic (exact) mass is 169 g/mol. The molecule has 70 valence electrons. The van der Waals surface area contributed by atoms with Crippen molar-refractivity contribution in [3.8, 4) is 0 Å². The Bertz CT molecular complexity index is 147. The van der Waals surface area contributed by atoms with Gasteiger partial charge in [0.2, 0.25) is 0 Å². The number of rotatable bonds is 3. The van der Waals surface area contributed by atoms with Crippen LogP contribution in [0.4, 0.5) is 0 Å². The molecule has 0 aromatic heterocycles. The fourth-order valence-electron chi connectivity index (χ4n) is 1.91. The molecule has 0 spiro atoms. The number of aldehydes is 1. The van der Waals surface area contributed by atoms with Crippen molar-refractivity contribution in [1.82, 2.24) is 4.90 Å². The average molecular weight is 169 g/mol. The molecule has 0 saturated carbocycles. The largest absolute Gasteiger partial charge is 0.302 e. The Morgan fingerprint density at radius 2 is 2.33 bits per heavy atom. The molecule has 1 aliphatic rings. The van der Waals surface area contributed by atoms with E-state index in [1.165, 1.54) is 12.8 Å². The zero-order valence-corrected chi connectivity index (χ0v) is 8.12. The van der Waals surface area contributed by atoms with Crippen LogP contribution in [-0.2, 0) is 4.79 Å². The van der Waals surface area contributed by atoms with E-state index in [2.05, 4.69) is 18.7 Å². The van der Waals surface area contributed by atoms with E-state index in [9.17, 15) is 4.79 Å². The summed E-state index contributed by atoms with van der Waals surface area (Å²) in [5.74, 6) is 0. The van der Waals surface area contributed by atoms with Crippen LogP contribution < -0.4 is 0 Å². The van der Waals surface area contributed by atoms with Crippen molar-refractivity contribution < 1.29 is 4.79 Å². The lowest BCUT2D eigenvalue weighted by atomic mass is 10.0. The molecule has 0 aromatic carbocycles. The summed E-state index contributed by atoms with van der Waals surface area (Å²) >= 11 is 0. The molecule has 0 aromatic rings. The predicted octanol–water partition coefficient (Wildman–Crippen LogP) is 1.84. The van der Waals surface area contributed by atoms with Gasteiger partial charge in [-0.1, -0.05) is 13.3 Å². The molecule has 2 nitrogen and oxygen atoms in total. The summed E-state index contributed by atoms with van der Waals surface area (Å²) in [6, 6.07) is 0.772. The zero-order chi connectivity index (χ0) is 8.97. The van der Waals surface area contributed by atoms with Gasteiger partial charge < -0.3 is 4.79 Å². The maximum atomic E-state index is 10.7. The van der Waals surface area contributed by atoms with Crippen LogP contribution in [-0.4, -0.2) is 29.8 Å². The number of hydrogen-bond acceptors (Lipinski definition) is 2. The molecule has 1 aliphatic heterocycles. The maximum Gasteiger partial charge on any atom is 0.137 e. The van der Waals surface area contributed by atoms with E-state index in [0.29, 0.717) is 6.04 Å². The number of carbonyl (C=O) groups is 1. The first-order chi connectivity index (χ1) is 5.79. The smallest absolute Gasteiger partial charge is 0.137 e. The molecule has 1 saturated heterocycles. The molecule has 2 atom stereocenters. The van der Waals surface area contributed by atoms with Crippen LogP contribution in [0.3, 0.4) is 0 Å². The number of piperidine rings is 1. The Kier molecular flexibility index (Phi) is 3.73. The number of likely N-dealkylation sites (tertiary alicyclic amines) is 1. The first-order valence-electron chi connectivity index (χ1n) is 5.00. The molecule has 2 unspecified atom stereocenters. The van der Waals surface area contributed by atoms with E-state index in [0.717, 1.165) is 25.7 Å². The van der Waals surface area contributed by atoms with Crippen LogP contribution in [0.5, 0.6) is 0 Å². The zero-order valence-electron chi connectivity index (χ0n) is 8.12. The van der Waals surface area contributed by atoms with Gasteiger partial charge in [0.15, 0.2) is 0 Å². The molecule has 1 heterocycles. The Morgan fingerprint density at radius 3 is 2.92 bits per heavy atom. The minimum absolute atomic E-state index is 0.202. The van der Waals surface area contributed by atoms with Crippen molar-refractivity contribution in [2.75, 3.05) is 6.54 Å². The minimum Gasteiger partial charge on any atom is -0.302 e. The van der Waals surface area contributed by atoms with Crippen LogP contribution in [0.1, 0.15) is 39.5 Å². The van der Waals surface area contributed by atoms with E-state index in [1.807, 2.05) is 0 Å². The van der Waals surface area contributed by atoms with Crippen molar-refractivity contribution in [3.05, 3.63) is 0 Å². The molecular formula is C10H19NO. The number of carbonyl (C=O) groups excluding carboxylic acids is 1. The van der Waals surface area contributed by atoms with Gasteiger partial charge in [0.25, 0.3) is 0 Å². The van der Waals surface area contributed by atoms with Gasteiger partial charge in [-0.15, -0.1) is 0 Å². The topological polar surface area (TPSA) is 20.3 Å². The summed E-state index contributed by atoms with van der Waals surface area (Å²) in [6.07, 6.45) is 5.80. The molecule has 0 aliphatic carbocycles. The molecular weight excluding hydrogens is 150 g/mol. The van der Waals surface area contributed by atoms with Crippen LogP contribution in [0.15, 0.2) is 0 Å². The normalized spacial score (nSPS) is 28.3. The molecule has 0 bridgehead atoms. The molecule has 1 fully saturated rings. The Balaban J connectivity index is 2.51. The van der Waals surface area contributed by atoms with Gasteiger partial charge in [0.05, 0.1) is 6.04 Å². The van der Waals surface area contributed by atoms with Crippen LogP contribution >= 0.6 is 0 Å². The van der Waals surface area contributed by atoms with Crippen molar-refractivity contribution in [1.29, 1.82) is 0 Å². The van der Waals surface area contributed by atoms with Crippen molar-refractivity contribution in [3.63, 3.8) is 0 Å². The Hall–Kier alpha value is -0.370. The summed E-state index contributed by atoms with van der Waals surface area (Å²) in [6.45, 7) is 5.50. The highest BCUT2D eigenvalue weighted by Crippen LogP contribution is 2.19. The second kappa shape index (κ2) is 4.61. The van der Waals surface area contributed by atoms with E-state index >= 15 is 0 Å². The van der Waals surface area contributed by atoms with E-state index in [-0.39, 0.29) is 6.04 Å². The van der Waals surface area contributed by atoms with Gasteiger partial charge in [0.1, 0.15) is 6.29 Å². The predicted molar refractivity (Wildman–Crippen MR) is 50.2 cm³/mol. The van der Waals surface area contributed by atoms with Gasteiger partial charge >= 0.3 is 0 Å². The summed E-state index contributed by atoms with van der Waals surface area (Å²) in [5, 5.41) is 0. The highest BCUT2D eigenvalue weighted by molar-refractivity contribution is 5.57. The standard InChI is InChI=1S/C10H19NO/c1-3-9(2)11-7-5-4-6-10(11)8-12/h8-10H,3-7H2,1-2H3. The third-order valence-electron chi connectivity index (χ3n) is 2.91. The number of hydrogen-bond donors (Lipinski definition) is 0. The van der Waals surface area contributed by atoms with Gasteiger partial charge in [-0.3, -0.25) is 4.90 Å². The van der Waals surface area contributed by atoms with Gasteiger partial charge in [0, 0.05) is 6.04 Å². The van der Waals surface area contributed by atoms with Gasteiger partial charge in [-0.05, 0) is 32.7 Å². The van der Waals surface area contributed by atoms with Gasteiger partial charge in [-0.2, -0.15) is 0 Å². The number of nitrogens with zero attached hydrogens (tertiary/aromatic N) is 1. The molecule has 0 N–H and O–H groups in total.